The fraction of sp³-hybridized carbons (Fsp3) is 0.500. The standard InChI is InChI=1S/2C29H39Si.C2H6Si.2ClH.Zr/c2*1-29(18-9-7-5-6-8-10-19-29)22-23-20-25-12-11-13-27(28(25)21-23)24-14-16-26(17-15-24)30(2,3)4;1-3-2;;;/h2*11-17,20-21H,5-10,18-19,22H2,1-4H3;1-2H3;2*1H;/q2*-1;;;;+4/p-2. The topological polar surface area (TPSA) is 0 Å². The molecule has 354 valence electrons. The second kappa shape index (κ2) is 26.4. The van der Waals surface area contributed by atoms with Crippen molar-refractivity contribution in [2.24, 2.45) is 10.8 Å². The van der Waals surface area contributed by atoms with Gasteiger partial charge in [0.25, 0.3) is 0 Å². The molecule has 0 bridgehead atoms. The molecule has 2 fully saturated rings. The van der Waals surface area contributed by atoms with Crippen LogP contribution in [0.1, 0.15) is 128 Å². The van der Waals surface area contributed by atoms with E-state index in [9.17, 15) is 0 Å². The number of hydrogen-bond acceptors (Lipinski definition) is 0. The maximum atomic E-state index is 4.93. The van der Waals surface area contributed by atoms with Crippen molar-refractivity contribution in [3.63, 3.8) is 0 Å². The number of hydrogen-bond donors (Lipinski definition) is 0. The fourth-order valence-electron chi connectivity index (χ4n) is 10.8. The van der Waals surface area contributed by atoms with E-state index < -0.39 is 37.0 Å². The van der Waals surface area contributed by atoms with Crippen LogP contribution in [0.5, 0.6) is 0 Å². The van der Waals surface area contributed by atoms with Gasteiger partial charge in [-0.3, -0.25) is 0 Å². The van der Waals surface area contributed by atoms with Crippen LogP contribution in [-0.2, 0) is 33.7 Å². The summed E-state index contributed by atoms with van der Waals surface area (Å²) >= 11 is -0.826. The van der Waals surface area contributed by atoms with Crippen LogP contribution in [0.3, 0.4) is 0 Å². The molecule has 2 radical (unpaired) electrons. The molecule has 2 saturated carbocycles. The molecule has 6 aromatic carbocycles. The molecule has 0 amide bonds. The number of rotatable bonds is 8. The second-order valence-corrected chi connectivity index (χ2v) is 37.7. The summed E-state index contributed by atoms with van der Waals surface area (Å²) in [6, 6.07) is 42.4. The van der Waals surface area contributed by atoms with Crippen molar-refractivity contribution in [3.8, 4) is 22.3 Å². The Morgan fingerprint density at radius 1 is 0.485 bits per heavy atom. The first-order valence-corrected chi connectivity index (χ1v) is 41.0. The van der Waals surface area contributed by atoms with Gasteiger partial charge in [0.05, 0.1) is 16.1 Å². The predicted molar refractivity (Wildman–Crippen MR) is 303 cm³/mol. The zero-order valence-electron chi connectivity index (χ0n) is 42.9. The van der Waals surface area contributed by atoms with Crippen molar-refractivity contribution in [3.05, 3.63) is 120 Å². The Morgan fingerprint density at radius 3 is 1.06 bits per heavy atom. The third kappa shape index (κ3) is 16.7. The normalized spacial score (nSPS) is 16.8. The van der Waals surface area contributed by atoms with Crippen molar-refractivity contribution in [2.75, 3.05) is 0 Å². The van der Waals surface area contributed by atoms with E-state index in [1.165, 1.54) is 181 Å². The first-order chi connectivity index (χ1) is 31.5. The molecule has 0 unspecified atom stereocenters. The average Bonchev–Trinajstić information content (AvgIpc) is 3.92. The Labute approximate surface area is 427 Å². The van der Waals surface area contributed by atoms with E-state index in [-0.39, 0.29) is 0 Å². The Kier molecular flexibility index (Phi) is 22.1. The molecule has 6 heteroatoms. The van der Waals surface area contributed by atoms with E-state index in [2.05, 4.69) is 175 Å². The molecule has 8 rings (SSSR count). The van der Waals surface area contributed by atoms with Crippen LogP contribution in [0.15, 0.2) is 109 Å². The maximum absolute atomic E-state index is 4.93. The van der Waals surface area contributed by atoms with E-state index in [0.29, 0.717) is 10.8 Å². The average molecular weight is 1050 g/mol. The molecule has 0 saturated heterocycles. The minimum atomic E-state index is -1.25. The van der Waals surface area contributed by atoms with Gasteiger partial charge in [0, 0.05) is 9.52 Å². The molecular formula is C60H84Cl2Si3Zr. The molecule has 0 spiro atoms. The number of fused-ring (bicyclic) bond motifs is 2. The second-order valence-electron chi connectivity index (χ2n) is 22.8. The summed E-state index contributed by atoms with van der Waals surface area (Å²) in [4.78, 5) is 0. The molecule has 0 N–H and O–H groups in total. The molecule has 0 atom stereocenters. The van der Waals surface area contributed by atoms with E-state index in [1.807, 2.05) is 0 Å². The van der Waals surface area contributed by atoms with Crippen molar-refractivity contribution < 1.29 is 20.8 Å². The van der Waals surface area contributed by atoms with Crippen molar-refractivity contribution in [1.29, 1.82) is 0 Å². The van der Waals surface area contributed by atoms with Crippen LogP contribution < -0.4 is 10.4 Å². The van der Waals surface area contributed by atoms with Crippen LogP contribution in [-0.4, -0.2) is 25.7 Å². The van der Waals surface area contributed by atoms with Crippen LogP contribution in [0.25, 0.3) is 43.8 Å². The fourth-order valence-corrected chi connectivity index (χ4v) is 13.1. The SMILES string of the molecule is CC1(Cc2cc3c(-c4ccc([Si](C)(C)C)cc4)cccc3[cH-]2)CCCCCCCC1.CC1(Cc2cc3c(-c4ccc([Si](C)(C)C)cc4)cccc3[cH-]2)CCCCCCCC1.C[Si]C.[Cl][Zr+2][Cl]. The first-order valence-electron chi connectivity index (χ1n) is 25.6. The predicted octanol–water partition coefficient (Wildman–Crippen LogP) is 19.1. The molecule has 6 aromatic rings. The van der Waals surface area contributed by atoms with E-state index in [4.69, 9.17) is 17.0 Å². The molecule has 0 nitrogen and oxygen atoms in total. The summed E-state index contributed by atoms with van der Waals surface area (Å²) in [7, 11) is 8.45. The zero-order valence-corrected chi connectivity index (χ0v) is 49.8. The summed E-state index contributed by atoms with van der Waals surface area (Å²) < 4.78 is 0. The molecule has 0 aliphatic heterocycles. The first kappa shape index (κ1) is 55.1. The van der Waals surface area contributed by atoms with Gasteiger partial charge in [-0.05, 0) is 60.5 Å². The van der Waals surface area contributed by atoms with Gasteiger partial charge in [-0.15, -0.1) is 69.1 Å². The number of halogens is 2. The zero-order chi connectivity index (χ0) is 47.8. The van der Waals surface area contributed by atoms with Gasteiger partial charge in [0.2, 0.25) is 0 Å². The minimum absolute atomic E-state index is 0.466. The molecule has 2 aliphatic carbocycles. The van der Waals surface area contributed by atoms with Crippen molar-refractivity contribution in [2.45, 2.75) is 182 Å². The summed E-state index contributed by atoms with van der Waals surface area (Å²) in [5.74, 6) is 0. The van der Waals surface area contributed by atoms with E-state index >= 15 is 0 Å². The van der Waals surface area contributed by atoms with Crippen molar-refractivity contribution in [1.82, 2.24) is 0 Å². The number of benzene rings is 4. The summed E-state index contributed by atoms with van der Waals surface area (Å²) in [6.07, 6.45) is 25.1. The van der Waals surface area contributed by atoms with Crippen LogP contribution >= 0.6 is 17.0 Å². The summed E-state index contributed by atoms with van der Waals surface area (Å²) in [6.45, 7) is 23.9. The van der Waals surface area contributed by atoms with Gasteiger partial charge >= 0.3 is 37.9 Å². The Hall–Kier alpha value is -1.79. The van der Waals surface area contributed by atoms with E-state index in [0.717, 1.165) is 9.52 Å². The molecule has 0 heterocycles. The Balaban J connectivity index is 0.000000221. The molecular weight excluding hydrogens is 967 g/mol. The third-order valence-electron chi connectivity index (χ3n) is 14.6. The van der Waals surface area contributed by atoms with Crippen LogP contribution in [0.4, 0.5) is 0 Å². The molecule has 2 aliphatic rings. The van der Waals surface area contributed by atoms with Crippen molar-refractivity contribution >= 4 is 74.6 Å². The van der Waals surface area contributed by atoms with Gasteiger partial charge in [-0.2, -0.15) is 12.1 Å². The summed E-state index contributed by atoms with van der Waals surface area (Å²) in [5, 5.41) is 8.75. The van der Waals surface area contributed by atoms with Gasteiger partial charge in [0.1, 0.15) is 0 Å². The quantitative estimate of drug-likeness (QED) is 0.105. The van der Waals surface area contributed by atoms with Gasteiger partial charge in [0.15, 0.2) is 0 Å². The summed E-state index contributed by atoms with van der Waals surface area (Å²) in [5.41, 5.74) is 9.50. The van der Waals surface area contributed by atoms with Crippen LogP contribution in [0, 0.1) is 10.8 Å². The van der Waals surface area contributed by atoms with Gasteiger partial charge in [-0.1, -0.05) is 225 Å². The Morgan fingerprint density at radius 2 is 0.773 bits per heavy atom. The molecule has 0 aromatic heterocycles. The monoisotopic (exact) mass is 1050 g/mol. The molecule has 66 heavy (non-hydrogen) atoms. The Bertz CT molecular complexity index is 2140. The third-order valence-corrected chi connectivity index (χ3v) is 18.8. The van der Waals surface area contributed by atoms with Gasteiger partial charge < -0.3 is 0 Å². The van der Waals surface area contributed by atoms with E-state index in [1.54, 1.807) is 0 Å². The van der Waals surface area contributed by atoms with Crippen LogP contribution in [0.2, 0.25) is 52.4 Å². The van der Waals surface area contributed by atoms with Gasteiger partial charge in [-0.25, -0.2) is 0 Å².